The number of nitrogens with two attached hydrogens (primary N) is 1. The number of benzene rings is 2. The number of hydrogen-bond donors (Lipinski definition) is 4. The van der Waals surface area contributed by atoms with Gasteiger partial charge in [-0.1, -0.05) is 60.7 Å². The van der Waals surface area contributed by atoms with E-state index in [4.69, 9.17) is 15.6 Å². The lowest BCUT2D eigenvalue weighted by Crippen LogP contribution is -2.51. The van der Waals surface area contributed by atoms with Crippen LogP contribution in [-0.2, 0) is 27.2 Å². The van der Waals surface area contributed by atoms with Crippen LogP contribution in [0.1, 0.15) is 11.1 Å². The molecule has 2 aromatic rings. The van der Waals surface area contributed by atoms with Crippen LogP contribution in [-0.4, -0.2) is 48.2 Å². The molecule has 0 saturated carbocycles. The van der Waals surface area contributed by atoms with Crippen LogP contribution < -0.4 is 16.4 Å². The molecule has 5 N–H and O–H groups in total. The van der Waals surface area contributed by atoms with Crippen LogP contribution in [0.5, 0.6) is 0 Å². The largest absolute Gasteiger partial charge is 0.490 e. The first-order valence-corrected chi connectivity index (χ1v) is 9.30. The predicted octanol–water partition coefficient (Wildman–Crippen LogP) is 1.66. The van der Waals surface area contributed by atoms with Crippen LogP contribution in [0.3, 0.4) is 0 Å². The summed E-state index contributed by atoms with van der Waals surface area (Å²) in [6.45, 7) is 0.904. The fourth-order valence-electron chi connectivity index (χ4n) is 2.29. The molecular formula is C21H24F3N3O4. The van der Waals surface area contributed by atoms with Crippen LogP contribution in [0.2, 0.25) is 0 Å². The van der Waals surface area contributed by atoms with Gasteiger partial charge in [0.25, 0.3) is 0 Å². The van der Waals surface area contributed by atoms with E-state index in [0.717, 1.165) is 11.1 Å². The Hall–Kier alpha value is -3.40. The second kappa shape index (κ2) is 13.0. The predicted molar refractivity (Wildman–Crippen MR) is 108 cm³/mol. The first-order chi connectivity index (χ1) is 14.6. The molecule has 0 aliphatic carbocycles. The van der Waals surface area contributed by atoms with Crippen molar-refractivity contribution in [3.05, 3.63) is 71.8 Å². The molecule has 0 spiro atoms. The van der Waals surface area contributed by atoms with Gasteiger partial charge in [-0.3, -0.25) is 9.59 Å². The number of amides is 2. The third-order valence-electron chi connectivity index (χ3n) is 3.92. The van der Waals surface area contributed by atoms with Gasteiger partial charge in [0.1, 0.15) is 0 Å². The number of rotatable bonds is 8. The minimum atomic E-state index is -5.08. The highest BCUT2D eigenvalue weighted by Gasteiger charge is 2.38. The SMILES string of the molecule is NC(C(=O)NCCc1ccccc1)C(=O)NCCc1ccccc1.O=C(O)C(F)(F)F. The van der Waals surface area contributed by atoms with Crippen molar-refractivity contribution >= 4 is 17.8 Å². The minimum absolute atomic E-state index is 0.452. The summed E-state index contributed by atoms with van der Waals surface area (Å²) in [6, 6.07) is 18.4. The molecule has 2 amide bonds. The molecule has 0 saturated heterocycles. The van der Waals surface area contributed by atoms with Crippen LogP contribution in [0.15, 0.2) is 60.7 Å². The average molecular weight is 439 g/mol. The molecule has 31 heavy (non-hydrogen) atoms. The molecule has 2 aromatic carbocycles. The number of carboxylic acid groups (broad SMARTS) is 1. The van der Waals surface area contributed by atoms with Gasteiger partial charge in [0.2, 0.25) is 11.8 Å². The fraction of sp³-hybridized carbons (Fsp3) is 0.286. The maximum atomic E-state index is 11.9. The maximum Gasteiger partial charge on any atom is 0.490 e. The van der Waals surface area contributed by atoms with Crippen LogP contribution in [0.25, 0.3) is 0 Å². The highest BCUT2D eigenvalue weighted by molar-refractivity contribution is 6.04. The summed E-state index contributed by atoms with van der Waals surface area (Å²) < 4.78 is 31.7. The van der Waals surface area contributed by atoms with E-state index < -0.39 is 30.0 Å². The van der Waals surface area contributed by atoms with Gasteiger partial charge in [-0.25, -0.2) is 4.79 Å². The Morgan fingerprint density at radius 3 is 1.42 bits per heavy atom. The molecular weight excluding hydrogens is 415 g/mol. The zero-order valence-electron chi connectivity index (χ0n) is 16.6. The van der Waals surface area contributed by atoms with Gasteiger partial charge in [-0.2, -0.15) is 13.2 Å². The first kappa shape index (κ1) is 25.6. The Balaban J connectivity index is 0.000000592. The van der Waals surface area contributed by atoms with Crippen molar-refractivity contribution in [2.75, 3.05) is 13.1 Å². The molecule has 0 aliphatic heterocycles. The standard InChI is InChI=1S/C19H23N3O2.C2HF3O2/c20-17(18(23)21-13-11-15-7-3-1-4-8-15)19(24)22-14-12-16-9-5-2-6-10-16;3-2(4,5)1(6)7/h1-10,17H,11-14,20H2,(H,21,23)(H,22,24);(H,6,7). The Labute approximate surface area is 177 Å². The van der Waals surface area contributed by atoms with Gasteiger partial charge in [-0.15, -0.1) is 0 Å². The minimum Gasteiger partial charge on any atom is -0.475 e. The molecule has 0 atom stereocenters. The Morgan fingerprint density at radius 2 is 1.13 bits per heavy atom. The highest BCUT2D eigenvalue weighted by Crippen LogP contribution is 2.13. The van der Waals surface area contributed by atoms with Crippen molar-refractivity contribution < 1.29 is 32.7 Å². The molecule has 0 fully saturated rings. The van der Waals surface area contributed by atoms with Crippen molar-refractivity contribution in [2.24, 2.45) is 5.73 Å². The van der Waals surface area contributed by atoms with E-state index in [1.165, 1.54) is 0 Å². The topological polar surface area (TPSA) is 122 Å². The van der Waals surface area contributed by atoms with Gasteiger partial charge in [-0.05, 0) is 24.0 Å². The third kappa shape index (κ3) is 10.8. The summed E-state index contributed by atoms with van der Waals surface area (Å²) in [5.74, 6) is -3.67. The summed E-state index contributed by atoms with van der Waals surface area (Å²) in [5, 5.41) is 12.5. The lowest BCUT2D eigenvalue weighted by molar-refractivity contribution is -0.192. The van der Waals surface area contributed by atoms with Gasteiger partial charge >= 0.3 is 12.1 Å². The van der Waals surface area contributed by atoms with E-state index in [2.05, 4.69) is 10.6 Å². The van der Waals surface area contributed by atoms with Crippen molar-refractivity contribution in [1.29, 1.82) is 0 Å². The Morgan fingerprint density at radius 1 is 0.806 bits per heavy atom. The zero-order valence-corrected chi connectivity index (χ0v) is 16.6. The number of hydrogen-bond acceptors (Lipinski definition) is 4. The molecule has 2 rings (SSSR count). The van der Waals surface area contributed by atoms with Gasteiger partial charge in [0.15, 0.2) is 6.04 Å². The normalized spacial score (nSPS) is 10.6. The monoisotopic (exact) mass is 439 g/mol. The molecule has 0 heterocycles. The van der Waals surface area contributed by atoms with Gasteiger partial charge in [0, 0.05) is 13.1 Å². The molecule has 7 nitrogen and oxygen atoms in total. The molecule has 0 unspecified atom stereocenters. The summed E-state index contributed by atoms with van der Waals surface area (Å²) in [7, 11) is 0. The zero-order chi connectivity index (χ0) is 23.3. The first-order valence-electron chi connectivity index (χ1n) is 9.30. The smallest absolute Gasteiger partial charge is 0.475 e. The summed E-state index contributed by atoms with van der Waals surface area (Å²) in [4.78, 5) is 32.7. The molecule has 10 heteroatoms. The number of aliphatic carboxylic acids is 1. The maximum absolute atomic E-state index is 11.9. The summed E-state index contributed by atoms with van der Waals surface area (Å²) in [6.07, 6.45) is -3.68. The van der Waals surface area contributed by atoms with E-state index in [-0.39, 0.29) is 0 Å². The molecule has 0 radical (unpaired) electrons. The lowest BCUT2D eigenvalue weighted by atomic mass is 10.1. The van der Waals surface area contributed by atoms with Crippen molar-refractivity contribution in [3.63, 3.8) is 0 Å². The number of nitrogens with one attached hydrogen (secondary N) is 2. The third-order valence-corrected chi connectivity index (χ3v) is 3.92. The van der Waals surface area contributed by atoms with Gasteiger partial charge in [0.05, 0.1) is 0 Å². The second-order valence-corrected chi connectivity index (χ2v) is 6.33. The number of halogens is 3. The molecule has 0 bridgehead atoms. The van der Waals surface area contributed by atoms with Gasteiger partial charge < -0.3 is 21.5 Å². The quantitative estimate of drug-likeness (QED) is 0.466. The Kier molecular flexibility index (Phi) is 10.8. The molecule has 0 aliphatic rings. The van der Waals surface area contributed by atoms with Crippen molar-refractivity contribution in [1.82, 2.24) is 10.6 Å². The van der Waals surface area contributed by atoms with E-state index >= 15 is 0 Å². The van der Waals surface area contributed by atoms with Crippen LogP contribution in [0, 0.1) is 0 Å². The summed E-state index contributed by atoms with van der Waals surface area (Å²) >= 11 is 0. The fourth-order valence-corrected chi connectivity index (χ4v) is 2.29. The second-order valence-electron chi connectivity index (χ2n) is 6.33. The average Bonchev–Trinajstić information content (AvgIpc) is 2.74. The van der Waals surface area contributed by atoms with E-state index in [1.54, 1.807) is 0 Å². The van der Waals surface area contributed by atoms with E-state index in [9.17, 15) is 22.8 Å². The number of carboxylic acids is 1. The van der Waals surface area contributed by atoms with E-state index in [0.29, 0.717) is 25.9 Å². The number of carbonyl (C=O) groups is 3. The summed E-state index contributed by atoms with van der Waals surface area (Å²) in [5.41, 5.74) is 7.94. The molecule has 168 valence electrons. The van der Waals surface area contributed by atoms with E-state index in [1.807, 2.05) is 60.7 Å². The number of carbonyl (C=O) groups excluding carboxylic acids is 2. The van der Waals surface area contributed by atoms with Crippen molar-refractivity contribution in [3.8, 4) is 0 Å². The lowest BCUT2D eigenvalue weighted by Gasteiger charge is -2.12. The van der Waals surface area contributed by atoms with Crippen molar-refractivity contribution in [2.45, 2.75) is 25.1 Å². The highest BCUT2D eigenvalue weighted by atomic mass is 19.4. The van der Waals surface area contributed by atoms with Crippen LogP contribution in [0.4, 0.5) is 13.2 Å². The Bertz CT molecular complexity index is 773. The van der Waals surface area contributed by atoms with Crippen LogP contribution >= 0.6 is 0 Å². The number of alkyl halides is 3. The molecule has 0 aromatic heterocycles.